The highest BCUT2D eigenvalue weighted by Crippen LogP contribution is 2.27. The molecule has 1 atom stereocenters. The van der Waals surface area contributed by atoms with Gasteiger partial charge >= 0.3 is 0 Å². The minimum absolute atomic E-state index is 0. The van der Waals surface area contributed by atoms with Crippen LogP contribution in [0.3, 0.4) is 0 Å². The fourth-order valence-corrected chi connectivity index (χ4v) is 3.21. The van der Waals surface area contributed by atoms with E-state index in [0.717, 1.165) is 26.1 Å². The number of halogens is 1. The Labute approximate surface area is 144 Å². The molecule has 1 unspecified atom stereocenters. The molecular weight excluding hydrogens is 338 g/mol. The van der Waals surface area contributed by atoms with Gasteiger partial charge in [-0.15, -0.1) is 12.4 Å². The maximum absolute atomic E-state index is 11.2. The number of piperidine rings is 1. The number of nitrogens with two attached hydrogens (primary N) is 2. The molecule has 132 valence electrons. The smallest absolute Gasteiger partial charge is 0.238 e. The topological polar surface area (TPSA) is 98.6 Å². The van der Waals surface area contributed by atoms with Crippen LogP contribution in [0.4, 0.5) is 0 Å². The largest absolute Gasteiger partial charge is 0.492 e. The number of hydrogen-bond donors (Lipinski definition) is 2. The van der Waals surface area contributed by atoms with Crippen LogP contribution in [-0.4, -0.2) is 45.6 Å². The van der Waals surface area contributed by atoms with E-state index in [2.05, 4.69) is 18.7 Å². The zero-order chi connectivity index (χ0) is 16.4. The predicted molar refractivity (Wildman–Crippen MR) is 93.4 cm³/mol. The van der Waals surface area contributed by atoms with Gasteiger partial charge in [-0.3, -0.25) is 4.90 Å². The van der Waals surface area contributed by atoms with E-state index in [-0.39, 0.29) is 28.8 Å². The van der Waals surface area contributed by atoms with Crippen molar-refractivity contribution < 1.29 is 13.2 Å². The van der Waals surface area contributed by atoms with E-state index in [1.165, 1.54) is 12.1 Å². The molecular formula is C15H26ClN3O3S. The van der Waals surface area contributed by atoms with Gasteiger partial charge < -0.3 is 10.5 Å². The van der Waals surface area contributed by atoms with E-state index < -0.39 is 10.0 Å². The van der Waals surface area contributed by atoms with Crippen LogP contribution in [0.1, 0.15) is 20.3 Å². The number of hydrogen-bond acceptors (Lipinski definition) is 5. The number of sulfonamides is 1. The van der Waals surface area contributed by atoms with Crippen molar-refractivity contribution in [2.75, 3.05) is 26.2 Å². The molecule has 0 saturated carbocycles. The number of benzene rings is 1. The van der Waals surface area contributed by atoms with E-state index in [9.17, 15) is 8.42 Å². The van der Waals surface area contributed by atoms with Crippen LogP contribution in [-0.2, 0) is 10.0 Å². The predicted octanol–water partition coefficient (Wildman–Crippen LogP) is 1.19. The Morgan fingerprint density at radius 1 is 1.30 bits per heavy atom. The molecule has 0 amide bonds. The Kier molecular flexibility index (Phi) is 6.85. The molecule has 2 rings (SSSR count). The average Bonchev–Trinajstić information content (AvgIpc) is 2.42. The zero-order valence-electron chi connectivity index (χ0n) is 13.6. The van der Waals surface area contributed by atoms with Gasteiger partial charge in [0.05, 0.1) is 4.90 Å². The lowest BCUT2D eigenvalue weighted by atomic mass is 9.80. The Bertz CT molecular complexity index is 605. The fraction of sp³-hybridized carbons (Fsp3) is 0.600. The highest BCUT2D eigenvalue weighted by molar-refractivity contribution is 7.89. The van der Waals surface area contributed by atoms with Crippen LogP contribution >= 0.6 is 12.4 Å². The second kappa shape index (κ2) is 7.81. The summed E-state index contributed by atoms with van der Waals surface area (Å²) in [6.45, 7) is 7.71. The van der Waals surface area contributed by atoms with Gasteiger partial charge in [0.1, 0.15) is 12.4 Å². The van der Waals surface area contributed by atoms with Gasteiger partial charge in [0, 0.05) is 19.1 Å². The third kappa shape index (κ3) is 5.61. The van der Waals surface area contributed by atoms with Crippen molar-refractivity contribution in [1.82, 2.24) is 4.90 Å². The normalized spacial score (nSPS) is 21.5. The first-order valence-corrected chi connectivity index (χ1v) is 8.97. The average molecular weight is 364 g/mol. The lowest BCUT2D eigenvalue weighted by Gasteiger charge is -2.42. The third-order valence-corrected chi connectivity index (χ3v) is 5.15. The molecule has 1 heterocycles. The highest BCUT2D eigenvalue weighted by Gasteiger charge is 2.33. The summed E-state index contributed by atoms with van der Waals surface area (Å²) in [7, 11) is -3.65. The van der Waals surface area contributed by atoms with Crippen molar-refractivity contribution in [2.24, 2.45) is 16.3 Å². The molecule has 1 aromatic carbocycles. The summed E-state index contributed by atoms with van der Waals surface area (Å²) in [6, 6.07) is 6.39. The van der Waals surface area contributed by atoms with E-state index in [4.69, 9.17) is 15.6 Å². The Hall–Kier alpha value is -0.860. The number of ether oxygens (including phenoxy) is 1. The maximum Gasteiger partial charge on any atom is 0.238 e. The molecule has 0 aromatic heterocycles. The summed E-state index contributed by atoms with van der Waals surface area (Å²) in [5.74, 6) is 0.639. The molecule has 0 bridgehead atoms. The van der Waals surface area contributed by atoms with E-state index in [0.29, 0.717) is 12.4 Å². The van der Waals surface area contributed by atoms with E-state index >= 15 is 0 Å². The van der Waals surface area contributed by atoms with Crippen molar-refractivity contribution in [2.45, 2.75) is 31.2 Å². The van der Waals surface area contributed by atoms with Crippen LogP contribution in [0.15, 0.2) is 29.2 Å². The van der Waals surface area contributed by atoms with Crippen LogP contribution in [0.5, 0.6) is 5.75 Å². The monoisotopic (exact) mass is 363 g/mol. The second-order valence-electron chi connectivity index (χ2n) is 6.52. The first-order valence-electron chi connectivity index (χ1n) is 7.42. The van der Waals surface area contributed by atoms with Gasteiger partial charge in [-0.2, -0.15) is 0 Å². The van der Waals surface area contributed by atoms with Gasteiger partial charge in [0.2, 0.25) is 10.0 Å². The van der Waals surface area contributed by atoms with E-state index in [1.807, 2.05) is 0 Å². The van der Waals surface area contributed by atoms with Crippen molar-refractivity contribution in [1.29, 1.82) is 0 Å². The number of nitrogens with zero attached hydrogens (tertiary/aromatic N) is 1. The molecule has 0 spiro atoms. The Morgan fingerprint density at radius 2 is 1.91 bits per heavy atom. The molecule has 1 fully saturated rings. The van der Waals surface area contributed by atoms with Crippen molar-refractivity contribution in [3.63, 3.8) is 0 Å². The third-order valence-electron chi connectivity index (χ3n) is 4.22. The molecule has 1 aliphatic rings. The molecule has 8 heteroatoms. The van der Waals surface area contributed by atoms with Gasteiger partial charge in [-0.25, -0.2) is 13.6 Å². The summed E-state index contributed by atoms with van der Waals surface area (Å²) < 4.78 is 28.0. The fourth-order valence-electron chi connectivity index (χ4n) is 2.69. The number of rotatable bonds is 5. The molecule has 1 aromatic rings. The molecule has 4 N–H and O–H groups in total. The minimum Gasteiger partial charge on any atom is -0.492 e. The van der Waals surface area contributed by atoms with Crippen LogP contribution in [0, 0.1) is 5.41 Å². The second-order valence-corrected chi connectivity index (χ2v) is 8.09. The van der Waals surface area contributed by atoms with Crippen molar-refractivity contribution in [3.05, 3.63) is 24.3 Å². The first kappa shape index (κ1) is 20.2. The molecule has 0 aliphatic carbocycles. The quantitative estimate of drug-likeness (QED) is 0.818. The Morgan fingerprint density at radius 3 is 2.43 bits per heavy atom. The number of primary sulfonamides is 1. The van der Waals surface area contributed by atoms with Crippen LogP contribution in [0.25, 0.3) is 0 Å². The summed E-state index contributed by atoms with van der Waals surface area (Å²) in [5, 5.41) is 5.06. The first-order chi connectivity index (χ1) is 10.2. The molecule has 6 nitrogen and oxygen atoms in total. The van der Waals surface area contributed by atoms with Crippen molar-refractivity contribution >= 4 is 22.4 Å². The van der Waals surface area contributed by atoms with Gasteiger partial charge in [0.15, 0.2) is 0 Å². The van der Waals surface area contributed by atoms with Gasteiger partial charge in [-0.05, 0) is 42.6 Å². The number of likely N-dealkylation sites (tertiary alicyclic amines) is 1. The minimum atomic E-state index is -3.65. The van der Waals surface area contributed by atoms with Gasteiger partial charge in [-0.1, -0.05) is 13.8 Å². The standard InChI is InChI=1S/C15H25N3O3S.ClH/c1-15(2)11-18(8-7-14(15)16)9-10-21-12-3-5-13(6-4-12)22(17,19)20;/h3-6,14H,7-11,16H2,1-2H3,(H2,17,19,20);1H. The van der Waals surface area contributed by atoms with Crippen LogP contribution < -0.4 is 15.6 Å². The maximum atomic E-state index is 11.2. The van der Waals surface area contributed by atoms with Crippen molar-refractivity contribution in [3.8, 4) is 5.75 Å². The van der Waals surface area contributed by atoms with E-state index in [1.54, 1.807) is 12.1 Å². The lowest BCUT2D eigenvalue weighted by Crippen LogP contribution is -2.53. The summed E-state index contributed by atoms with van der Waals surface area (Å²) in [4.78, 5) is 2.44. The summed E-state index contributed by atoms with van der Waals surface area (Å²) in [6.07, 6.45) is 0.996. The summed E-state index contributed by atoms with van der Waals surface area (Å²) >= 11 is 0. The van der Waals surface area contributed by atoms with Gasteiger partial charge in [0.25, 0.3) is 0 Å². The summed E-state index contributed by atoms with van der Waals surface area (Å²) in [5.41, 5.74) is 6.25. The molecule has 1 saturated heterocycles. The highest BCUT2D eigenvalue weighted by atomic mass is 35.5. The SMILES string of the molecule is CC1(C)CN(CCOc2ccc(S(N)(=O)=O)cc2)CCC1N.Cl. The van der Waals surface area contributed by atoms with Crippen LogP contribution in [0.2, 0.25) is 0 Å². The Balaban J connectivity index is 0.00000264. The molecule has 23 heavy (non-hydrogen) atoms. The molecule has 1 aliphatic heterocycles. The zero-order valence-corrected chi connectivity index (χ0v) is 15.2. The molecule has 0 radical (unpaired) electrons. The lowest BCUT2D eigenvalue weighted by molar-refractivity contribution is 0.0831.